The van der Waals surface area contributed by atoms with Gasteiger partial charge in [0.05, 0.1) is 73.8 Å². The highest BCUT2D eigenvalue weighted by atomic mass is 16.6. The third kappa shape index (κ3) is 16.3. The van der Waals surface area contributed by atoms with Gasteiger partial charge in [-0.1, -0.05) is 0 Å². The second kappa shape index (κ2) is 20.2. The van der Waals surface area contributed by atoms with Crippen LogP contribution in [0.2, 0.25) is 0 Å². The first-order valence-corrected chi connectivity index (χ1v) is 10.5. The second-order valence-corrected chi connectivity index (χ2v) is 6.50. The fraction of sp³-hybridized carbons (Fsp3) is 0.364. The lowest BCUT2D eigenvalue weighted by atomic mass is 10.2. The molecule has 0 aliphatic heterocycles. The van der Waals surface area contributed by atoms with Gasteiger partial charge in [0, 0.05) is 24.3 Å². The van der Waals surface area contributed by atoms with E-state index >= 15 is 0 Å². The van der Waals surface area contributed by atoms with Crippen molar-refractivity contribution in [1.82, 2.24) is 0 Å². The topological polar surface area (TPSA) is 229 Å². The Morgan fingerprint density at radius 3 is 1.08 bits per heavy atom. The lowest BCUT2D eigenvalue weighted by molar-refractivity contribution is -0.385. The summed E-state index contributed by atoms with van der Waals surface area (Å²) in [4.78, 5) is 39.7. The van der Waals surface area contributed by atoms with Crippen molar-refractivity contribution >= 4 is 23.3 Å². The van der Waals surface area contributed by atoms with Crippen LogP contribution in [0.3, 0.4) is 0 Å². The van der Waals surface area contributed by atoms with Crippen LogP contribution in [-0.2, 0) is 14.2 Å². The summed E-state index contributed by atoms with van der Waals surface area (Å²) in [6.45, 7) is 2.76. The summed E-state index contributed by atoms with van der Waals surface area (Å²) in [5.74, 6) is -2.19. The molecule has 0 aromatic heterocycles. The standard InChI is InChI=1S/C8H18O5.2C7H5NO4/c9-1-3-11-5-7-13-8-6-12-4-2-10;2*9-7(10)5-1-3-6(4-2-5)8(11)12/h9-10H,1-8H2;2*1-4H,(H,9,10). The molecule has 0 fully saturated rings. The maximum atomic E-state index is 10.3. The lowest BCUT2D eigenvalue weighted by Gasteiger charge is -2.04. The Morgan fingerprint density at radius 2 is 0.865 bits per heavy atom. The molecule has 0 amide bonds. The third-order valence-corrected chi connectivity index (χ3v) is 3.87. The van der Waals surface area contributed by atoms with E-state index in [0.717, 1.165) is 24.3 Å². The predicted octanol–water partition coefficient (Wildman–Crippen LogP) is 1.61. The van der Waals surface area contributed by atoms with Crippen molar-refractivity contribution in [3.8, 4) is 0 Å². The van der Waals surface area contributed by atoms with Gasteiger partial charge in [-0.3, -0.25) is 20.2 Å². The van der Waals surface area contributed by atoms with E-state index in [9.17, 15) is 29.8 Å². The maximum absolute atomic E-state index is 10.3. The fourth-order valence-corrected chi connectivity index (χ4v) is 2.12. The van der Waals surface area contributed by atoms with Gasteiger partial charge in [-0.2, -0.15) is 0 Å². The molecule has 0 heterocycles. The Balaban J connectivity index is 0.000000526. The number of non-ortho nitro benzene ring substituents is 2. The summed E-state index contributed by atoms with van der Waals surface area (Å²) in [6, 6.07) is 9.40. The number of carbonyl (C=O) groups is 2. The number of hydrogen-bond donors (Lipinski definition) is 4. The zero-order valence-electron chi connectivity index (χ0n) is 19.6. The summed E-state index contributed by atoms with van der Waals surface area (Å²) in [5.41, 5.74) is -0.138. The zero-order valence-corrected chi connectivity index (χ0v) is 19.6. The van der Waals surface area contributed by atoms with Crippen molar-refractivity contribution in [2.24, 2.45) is 0 Å². The van der Waals surface area contributed by atoms with Crippen LogP contribution in [0.4, 0.5) is 11.4 Å². The fourth-order valence-electron chi connectivity index (χ4n) is 2.12. The number of ether oxygens (including phenoxy) is 3. The number of rotatable bonds is 14. The maximum Gasteiger partial charge on any atom is 0.335 e. The van der Waals surface area contributed by atoms with Crippen LogP contribution < -0.4 is 0 Å². The summed E-state index contributed by atoms with van der Waals surface area (Å²) in [5, 5.41) is 53.9. The van der Waals surface area contributed by atoms with E-state index < -0.39 is 21.8 Å². The molecule has 0 aliphatic rings. The number of aliphatic hydroxyl groups excluding tert-OH is 2. The van der Waals surface area contributed by atoms with E-state index in [1.54, 1.807) is 0 Å². The van der Waals surface area contributed by atoms with Crippen molar-refractivity contribution < 1.29 is 54.1 Å². The number of carboxylic acids is 2. The molecule has 0 spiro atoms. The Hall–Kier alpha value is -4.02. The molecule has 2 aromatic carbocycles. The number of nitro groups is 2. The van der Waals surface area contributed by atoms with Crippen molar-refractivity contribution in [2.45, 2.75) is 0 Å². The largest absolute Gasteiger partial charge is 0.478 e. The number of benzene rings is 2. The molecule has 37 heavy (non-hydrogen) atoms. The molecule has 0 saturated carbocycles. The first kappa shape index (κ1) is 33.0. The monoisotopic (exact) mass is 528 g/mol. The Bertz CT molecular complexity index is 807. The van der Waals surface area contributed by atoms with Crippen LogP contribution in [0.25, 0.3) is 0 Å². The molecule has 2 rings (SSSR count). The van der Waals surface area contributed by atoms with Crippen LogP contribution in [-0.4, -0.2) is 95.1 Å². The lowest BCUT2D eigenvalue weighted by Crippen LogP contribution is -2.11. The van der Waals surface area contributed by atoms with Gasteiger partial charge in [-0.25, -0.2) is 9.59 Å². The number of hydrogen-bond acceptors (Lipinski definition) is 11. The summed E-state index contributed by atoms with van der Waals surface area (Å²) in [7, 11) is 0. The van der Waals surface area contributed by atoms with Crippen LogP contribution in [0.1, 0.15) is 20.7 Å². The average Bonchev–Trinajstić information content (AvgIpc) is 2.88. The van der Waals surface area contributed by atoms with Gasteiger partial charge in [0.15, 0.2) is 0 Å². The molecule has 2 aromatic rings. The van der Waals surface area contributed by atoms with Crippen molar-refractivity contribution in [1.29, 1.82) is 0 Å². The Morgan fingerprint density at radius 1 is 0.595 bits per heavy atom. The second-order valence-electron chi connectivity index (χ2n) is 6.50. The average molecular weight is 528 g/mol. The summed E-state index contributed by atoms with van der Waals surface area (Å²) >= 11 is 0. The highest BCUT2D eigenvalue weighted by Crippen LogP contribution is 2.12. The van der Waals surface area contributed by atoms with E-state index in [2.05, 4.69) is 0 Å². The van der Waals surface area contributed by atoms with Gasteiger partial charge in [0.2, 0.25) is 0 Å². The van der Waals surface area contributed by atoms with Gasteiger partial charge in [0.1, 0.15) is 0 Å². The van der Waals surface area contributed by atoms with Gasteiger partial charge < -0.3 is 34.6 Å². The summed E-state index contributed by atoms with van der Waals surface area (Å²) < 4.78 is 15.0. The van der Waals surface area contributed by atoms with Crippen LogP contribution in [0.5, 0.6) is 0 Å². The Kier molecular flexibility index (Phi) is 18.0. The van der Waals surface area contributed by atoms with E-state index in [0.29, 0.717) is 39.6 Å². The van der Waals surface area contributed by atoms with E-state index in [4.69, 9.17) is 34.6 Å². The van der Waals surface area contributed by atoms with Crippen molar-refractivity contribution in [2.75, 3.05) is 52.9 Å². The highest BCUT2D eigenvalue weighted by molar-refractivity contribution is 5.88. The Labute approximate surface area is 210 Å². The molecule has 0 aliphatic carbocycles. The van der Waals surface area contributed by atoms with Crippen LogP contribution in [0, 0.1) is 20.2 Å². The normalized spacial score (nSPS) is 9.78. The first-order chi connectivity index (χ1) is 17.6. The van der Waals surface area contributed by atoms with Gasteiger partial charge in [-0.15, -0.1) is 0 Å². The zero-order chi connectivity index (χ0) is 28.1. The predicted molar refractivity (Wildman–Crippen MR) is 127 cm³/mol. The molecular weight excluding hydrogens is 500 g/mol. The SMILES string of the molecule is O=C(O)c1ccc([N+](=O)[O-])cc1.O=C(O)c1ccc([N+](=O)[O-])cc1.OCCOCCOCCOCCO. The number of aromatic carboxylic acids is 2. The molecule has 0 saturated heterocycles. The molecule has 0 unspecified atom stereocenters. The molecule has 0 atom stereocenters. The quantitative estimate of drug-likeness (QED) is 0.155. The van der Waals surface area contributed by atoms with Gasteiger partial charge in [-0.05, 0) is 24.3 Å². The molecule has 15 heteroatoms. The van der Waals surface area contributed by atoms with Crippen molar-refractivity contribution in [3.63, 3.8) is 0 Å². The molecular formula is C22H28N2O13. The van der Waals surface area contributed by atoms with Gasteiger partial charge >= 0.3 is 11.9 Å². The van der Waals surface area contributed by atoms with Crippen LogP contribution in [0.15, 0.2) is 48.5 Å². The number of nitrogens with zero attached hydrogens (tertiary/aromatic N) is 2. The first-order valence-electron chi connectivity index (χ1n) is 10.5. The van der Waals surface area contributed by atoms with Crippen molar-refractivity contribution in [3.05, 3.63) is 79.9 Å². The number of aliphatic hydroxyl groups is 2. The smallest absolute Gasteiger partial charge is 0.335 e. The minimum Gasteiger partial charge on any atom is -0.478 e. The minimum atomic E-state index is -1.09. The third-order valence-electron chi connectivity index (χ3n) is 3.87. The molecule has 4 N–H and O–H groups in total. The van der Waals surface area contributed by atoms with E-state index in [1.165, 1.54) is 24.3 Å². The molecule has 0 bridgehead atoms. The molecule has 0 radical (unpaired) electrons. The molecule has 204 valence electrons. The molecule has 15 nitrogen and oxygen atoms in total. The summed E-state index contributed by atoms with van der Waals surface area (Å²) in [6.07, 6.45) is 0. The van der Waals surface area contributed by atoms with E-state index in [1.807, 2.05) is 0 Å². The van der Waals surface area contributed by atoms with E-state index in [-0.39, 0.29) is 35.7 Å². The number of nitro benzene ring substituents is 2. The highest BCUT2D eigenvalue weighted by Gasteiger charge is 2.07. The van der Waals surface area contributed by atoms with Crippen LogP contribution >= 0.6 is 0 Å². The van der Waals surface area contributed by atoms with Gasteiger partial charge in [0.25, 0.3) is 11.4 Å². The number of carboxylic acid groups (broad SMARTS) is 2. The minimum absolute atomic E-state index is 0.0413.